The van der Waals surface area contributed by atoms with Gasteiger partial charge in [0, 0.05) is 22.5 Å². The molecule has 1 aromatic rings. The Morgan fingerprint density at radius 1 is 1.29 bits per heavy atom. The lowest BCUT2D eigenvalue weighted by Gasteiger charge is -2.17. The van der Waals surface area contributed by atoms with Crippen molar-refractivity contribution >= 4 is 45.8 Å². The molecule has 2 heterocycles. The molecule has 0 saturated carbocycles. The van der Waals surface area contributed by atoms with E-state index in [2.05, 4.69) is 15.3 Å². The fourth-order valence-electron chi connectivity index (χ4n) is 1.83. The van der Waals surface area contributed by atoms with Crippen molar-refractivity contribution in [2.45, 2.75) is 0 Å². The summed E-state index contributed by atoms with van der Waals surface area (Å²) in [7, 11) is 0. The number of benzene rings is 1. The Bertz CT molecular complexity index is 516. The number of thioether (sulfide) groups is 1. The normalized spacial score (nSPS) is 17.4. The highest BCUT2D eigenvalue weighted by molar-refractivity contribution is 8.16. The fourth-order valence-corrected chi connectivity index (χ4v) is 3.29. The number of hydrogen-bond acceptors (Lipinski definition) is 3. The van der Waals surface area contributed by atoms with Crippen molar-refractivity contribution in [2.24, 2.45) is 4.99 Å². The van der Waals surface area contributed by atoms with Crippen LogP contribution < -0.4 is 17.0 Å². The average molecular weight is 351 g/mol. The second-order valence-corrected chi connectivity index (χ2v) is 5.24. The Kier molecular flexibility index (Phi) is 4.08. The molecule has 0 N–H and O–H groups in total. The van der Waals surface area contributed by atoms with Crippen LogP contribution in [0.2, 0.25) is 10.0 Å². The minimum absolute atomic E-state index is 0. The molecule has 0 radical (unpaired) electrons. The molecule has 0 unspecified atom stereocenters. The van der Waals surface area contributed by atoms with Crippen LogP contribution >= 0.6 is 35.0 Å². The summed E-state index contributed by atoms with van der Waals surface area (Å²) in [6.07, 6.45) is 0. The lowest BCUT2D eigenvalue weighted by atomic mass is 10.1. The number of amidine groups is 1. The van der Waals surface area contributed by atoms with E-state index in [9.17, 15) is 0 Å². The lowest BCUT2D eigenvalue weighted by molar-refractivity contribution is -0.00000291. The van der Waals surface area contributed by atoms with E-state index in [-0.39, 0.29) is 17.0 Å². The van der Waals surface area contributed by atoms with Gasteiger partial charge in [-0.3, -0.25) is 4.99 Å². The summed E-state index contributed by atoms with van der Waals surface area (Å²) in [5, 5.41) is 4.51. The van der Waals surface area contributed by atoms with Crippen molar-refractivity contribution in [3.63, 3.8) is 0 Å². The predicted octanol–water partition coefficient (Wildman–Crippen LogP) is 0.714. The minimum atomic E-state index is 0. The van der Waals surface area contributed by atoms with Gasteiger partial charge in [-0.1, -0.05) is 35.0 Å². The van der Waals surface area contributed by atoms with Crippen LogP contribution in [0.4, 0.5) is 0 Å². The molecular formula is C11H8BrCl2N2S-. The summed E-state index contributed by atoms with van der Waals surface area (Å²) in [5.41, 5.74) is 2.15. The standard InChI is InChI=1S/C11H8Cl2N2S.BrH/c12-7-1-2-8(9(13)5-7)10-6-16-11-14-3-4-15(10)11;/h1-2,5-6H,3-4H2;1H/p-1. The SMILES string of the molecule is Clc1ccc(C2=CSC3=NCCN23)c(Cl)c1.[Br-]. The van der Waals surface area contributed by atoms with E-state index in [1.807, 2.05) is 12.1 Å². The first kappa shape index (κ1) is 13.3. The molecule has 6 heteroatoms. The maximum Gasteiger partial charge on any atom is 0.168 e. The van der Waals surface area contributed by atoms with Crippen LogP contribution in [-0.4, -0.2) is 23.2 Å². The Labute approximate surface area is 124 Å². The van der Waals surface area contributed by atoms with Gasteiger partial charge in [0.05, 0.1) is 17.3 Å². The van der Waals surface area contributed by atoms with Crippen LogP contribution in [0.25, 0.3) is 5.70 Å². The molecule has 0 saturated heterocycles. The Morgan fingerprint density at radius 3 is 2.88 bits per heavy atom. The molecule has 0 amide bonds. The van der Waals surface area contributed by atoms with E-state index in [4.69, 9.17) is 23.2 Å². The monoisotopic (exact) mass is 349 g/mol. The van der Waals surface area contributed by atoms with Gasteiger partial charge < -0.3 is 21.9 Å². The fraction of sp³-hybridized carbons (Fsp3) is 0.182. The maximum atomic E-state index is 6.20. The number of nitrogens with zero attached hydrogens (tertiary/aromatic N) is 2. The zero-order valence-electron chi connectivity index (χ0n) is 8.66. The van der Waals surface area contributed by atoms with Gasteiger partial charge in [0.15, 0.2) is 5.17 Å². The van der Waals surface area contributed by atoms with Gasteiger partial charge in [0.2, 0.25) is 0 Å². The molecule has 2 aliphatic heterocycles. The van der Waals surface area contributed by atoms with Gasteiger partial charge in [-0.05, 0) is 18.2 Å². The Morgan fingerprint density at radius 2 is 2.12 bits per heavy atom. The summed E-state index contributed by atoms with van der Waals surface area (Å²) < 4.78 is 0. The topological polar surface area (TPSA) is 15.6 Å². The molecule has 1 aromatic carbocycles. The number of aliphatic imine (C=N–C) groups is 1. The molecular weight excluding hydrogens is 343 g/mol. The van der Waals surface area contributed by atoms with E-state index in [1.54, 1.807) is 17.8 Å². The number of rotatable bonds is 1. The molecule has 2 nitrogen and oxygen atoms in total. The van der Waals surface area contributed by atoms with E-state index in [1.165, 1.54) is 0 Å². The van der Waals surface area contributed by atoms with Crippen LogP contribution in [-0.2, 0) is 0 Å². The summed E-state index contributed by atoms with van der Waals surface area (Å²) in [6, 6.07) is 5.59. The highest BCUT2D eigenvalue weighted by Crippen LogP contribution is 2.38. The second-order valence-electron chi connectivity index (χ2n) is 3.56. The zero-order valence-corrected chi connectivity index (χ0v) is 12.6. The first-order valence-electron chi connectivity index (χ1n) is 4.90. The largest absolute Gasteiger partial charge is 1.00 e. The van der Waals surface area contributed by atoms with Gasteiger partial charge in [-0.25, -0.2) is 0 Å². The molecule has 0 aliphatic carbocycles. The third kappa shape index (κ3) is 2.36. The smallest absolute Gasteiger partial charge is 0.168 e. The van der Waals surface area contributed by atoms with Crippen molar-refractivity contribution in [3.05, 3.63) is 39.2 Å². The van der Waals surface area contributed by atoms with Crippen molar-refractivity contribution in [3.8, 4) is 0 Å². The first-order valence-corrected chi connectivity index (χ1v) is 6.53. The highest BCUT2D eigenvalue weighted by Gasteiger charge is 2.27. The quantitative estimate of drug-likeness (QED) is 0.741. The van der Waals surface area contributed by atoms with E-state index < -0.39 is 0 Å². The summed E-state index contributed by atoms with van der Waals surface area (Å²) in [5.74, 6) is 0. The molecule has 0 bridgehead atoms. The molecule has 3 rings (SSSR count). The zero-order chi connectivity index (χ0) is 11.1. The molecule has 0 fully saturated rings. The van der Waals surface area contributed by atoms with Crippen LogP contribution in [0.15, 0.2) is 28.6 Å². The maximum absolute atomic E-state index is 6.20. The molecule has 2 aliphatic rings. The van der Waals surface area contributed by atoms with E-state index in [0.29, 0.717) is 10.0 Å². The van der Waals surface area contributed by atoms with Gasteiger partial charge in [0.1, 0.15) is 0 Å². The van der Waals surface area contributed by atoms with Crippen LogP contribution in [0.3, 0.4) is 0 Å². The molecule has 0 aromatic heterocycles. The molecule has 0 spiro atoms. The number of halogens is 3. The van der Waals surface area contributed by atoms with Crippen molar-refractivity contribution in [2.75, 3.05) is 13.1 Å². The second kappa shape index (κ2) is 5.22. The van der Waals surface area contributed by atoms with Crippen LogP contribution in [0.1, 0.15) is 5.56 Å². The van der Waals surface area contributed by atoms with E-state index in [0.717, 1.165) is 29.5 Å². The summed E-state index contributed by atoms with van der Waals surface area (Å²) >= 11 is 13.7. The van der Waals surface area contributed by atoms with Gasteiger partial charge in [-0.15, -0.1) is 0 Å². The van der Waals surface area contributed by atoms with E-state index >= 15 is 0 Å². The molecule has 90 valence electrons. The molecule has 0 atom stereocenters. The van der Waals surface area contributed by atoms with Crippen LogP contribution in [0, 0.1) is 0 Å². The van der Waals surface area contributed by atoms with Crippen molar-refractivity contribution in [1.82, 2.24) is 4.90 Å². The highest BCUT2D eigenvalue weighted by atomic mass is 79.9. The van der Waals surface area contributed by atoms with Crippen molar-refractivity contribution < 1.29 is 17.0 Å². The average Bonchev–Trinajstić information content (AvgIpc) is 2.80. The third-order valence-corrected chi connectivity index (χ3v) is 4.02. The van der Waals surface area contributed by atoms with Gasteiger partial charge in [0.25, 0.3) is 0 Å². The predicted molar refractivity (Wildman–Crippen MR) is 71.0 cm³/mol. The Hall–Kier alpha value is -0.160. The van der Waals surface area contributed by atoms with Gasteiger partial charge in [-0.2, -0.15) is 0 Å². The minimum Gasteiger partial charge on any atom is -1.00 e. The first-order chi connectivity index (χ1) is 7.75. The van der Waals surface area contributed by atoms with Crippen LogP contribution in [0.5, 0.6) is 0 Å². The Balaban J connectivity index is 0.00000108. The number of fused-ring (bicyclic) bond motifs is 1. The third-order valence-electron chi connectivity index (χ3n) is 2.58. The summed E-state index contributed by atoms with van der Waals surface area (Å²) in [4.78, 5) is 6.60. The summed E-state index contributed by atoms with van der Waals surface area (Å²) in [6.45, 7) is 1.80. The van der Waals surface area contributed by atoms with Gasteiger partial charge >= 0.3 is 0 Å². The lowest BCUT2D eigenvalue weighted by Crippen LogP contribution is -3.00. The number of hydrogen-bond donors (Lipinski definition) is 0. The van der Waals surface area contributed by atoms with Crippen molar-refractivity contribution in [1.29, 1.82) is 0 Å². The molecule has 17 heavy (non-hydrogen) atoms.